The number of hydrogen-bond donors (Lipinski definition) is 4. The Balaban J connectivity index is 1.62. The number of thioether (sulfide) groups is 2. The van der Waals surface area contributed by atoms with Crippen LogP contribution in [-0.2, 0) is 9.53 Å². The first-order valence-corrected chi connectivity index (χ1v) is 17.6. The number of likely N-dealkylation sites (tertiary alicyclic amines) is 1. The molecule has 3 heterocycles. The second-order valence-electron chi connectivity index (χ2n) is 11.2. The lowest BCUT2D eigenvalue weighted by atomic mass is 9.92. The first kappa shape index (κ1) is 35.6. The number of carbonyl (C=O) groups excluding carboxylic acids is 1. The molecule has 2 unspecified atom stereocenters. The number of methoxy groups -OCH3 is 2. The van der Waals surface area contributed by atoms with Crippen molar-refractivity contribution in [3.05, 3.63) is 22.2 Å². The van der Waals surface area contributed by atoms with E-state index in [1.54, 1.807) is 6.26 Å². The lowest BCUT2D eigenvalue weighted by molar-refractivity contribution is -0.384. The number of aliphatic hydroxyl groups is 3. The number of likely N-dealkylation sites (N-methyl/N-ethyl adjacent to an activating group) is 1. The third-order valence-electron chi connectivity index (χ3n) is 8.26. The van der Waals surface area contributed by atoms with Gasteiger partial charge >= 0.3 is 0 Å². The Kier molecular flexibility index (Phi) is 12.3. The highest BCUT2D eigenvalue weighted by Crippen LogP contribution is 2.43. The fourth-order valence-electron chi connectivity index (χ4n) is 5.91. The van der Waals surface area contributed by atoms with Crippen molar-refractivity contribution in [2.45, 2.75) is 84.6 Å². The quantitative estimate of drug-likeness (QED) is 0.136. The van der Waals surface area contributed by atoms with Crippen LogP contribution in [0, 0.1) is 16.0 Å². The van der Waals surface area contributed by atoms with E-state index in [2.05, 4.69) is 22.4 Å². The Bertz CT molecular complexity index is 1330. The normalized spacial score (nSPS) is 28.4. The van der Waals surface area contributed by atoms with E-state index < -0.39 is 46.1 Å². The number of amides is 1. The summed E-state index contributed by atoms with van der Waals surface area (Å²) in [6, 6.07) is 1.57. The lowest BCUT2D eigenvalue weighted by Crippen LogP contribution is -2.65. The van der Waals surface area contributed by atoms with Crippen molar-refractivity contribution in [2.75, 3.05) is 34.1 Å². The smallest absolute Gasteiger partial charge is 0.283 e. The molecule has 0 aliphatic carbocycles. The van der Waals surface area contributed by atoms with Gasteiger partial charge in [-0.25, -0.2) is 0 Å². The third-order valence-corrected chi connectivity index (χ3v) is 11.4. The summed E-state index contributed by atoms with van der Waals surface area (Å²) in [5, 5.41) is 55.4. The minimum Gasteiger partial charge on any atom is -0.493 e. The highest BCUT2D eigenvalue weighted by atomic mass is 32.2. The van der Waals surface area contributed by atoms with Crippen molar-refractivity contribution in [3.63, 3.8) is 0 Å². The highest BCUT2D eigenvalue weighted by molar-refractivity contribution is 8.01. The van der Waals surface area contributed by atoms with Gasteiger partial charge < -0.3 is 34.8 Å². The zero-order valence-electron chi connectivity index (χ0n) is 26.0. The molecule has 4 N–H and O–H groups in total. The SMILES string of the molecule is CCC[C@@H]1C[C@@H](C(=O)NC(C(C)Sc2nnc(-c3cc(OC)c(OC)cc3[N+](=O)[O-])s2)[C@H]2O[C@H](SC)[C@H](O)[C@@H](O)[C@H]2O)N(C)C1. The molecule has 14 nitrogen and oxygen atoms in total. The number of nitro benzene ring substituents is 1. The monoisotopic (exact) mass is 687 g/mol. The molecule has 2 fully saturated rings. The van der Waals surface area contributed by atoms with Crippen LogP contribution in [0.5, 0.6) is 11.5 Å². The van der Waals surface area contributed by atoms with E-state index in [1.807, 2.05) is 18.9 Å². The van der Waals surface area contributed by atoms with Gasteiger partial charge in [-0.05, 0) is 32.1 Å². The van der Waals surface area contributed by atoms with Gasteiger partial charge in [-0.3, -0.25) is 19.8 Å². The molecule has 2 saturated heterocycles. The second kappa shape index (κ2) is 15.6. The Morgan fingerprint density at radius 1 is 1.22 bits per heavy atom. The van der Waals surface area contributed by atoms with Crippen LogP contribution in [0.3, 0.4) is 0 Å². The number of aromatic nitrogens is 2. The molecule has 2 aliphatic rings. The Labute approximate surface area is 274 Å². The molecule has 9 atom stereocenters. The molecular formula is C28H41N5O9S3. The number of carbonyl (C=O) groups is 1. The minimum atomic E-state index is -1.49. The van der Waals surface area contributed by atoms with Crippen LogP contribution in [0.4, 0.5) is 5.69 Å². The molecule has 1 aromatic carbocycles. The maximum atomic E-state index is 13.7. The molecule has 17 heteroatoms. The number of rotatable bonds is 13. The number of aliphatic hydroxyl groups excluding tert-OH is 3. The Morgan fingerprint density at radius 3 is 2.53 bits per heavy atom. The molecule has 0 saturated carbocycles. The van der Waals surface area contributed by atoms with Gasteiger partial charge in [0.05, 0.1) is 42.9 Å². The molecule has 250 valence electrons. The fourth-order valence-corrected chi connectivity index (χ4v) is 8.85. The number of nitrogens with zero attached hydrogens (tertiary/aromatic N) is 4. The van der Waals surface area contributed by atoms with E-state index in [1.165, 1.54) is 49.9 Å². The first-order chi connectivity index (χ1) is 21.4. The first-order valence-electron chi connectivity index (χ1n) is 14.6. The van der Waals surface area contributed by atoms with Gasteiger partial charge in [0.25, 0.3) is 5.69 Å². The Hall–Kier alpha value is -2.25. The Morgan fingerprint density at radius 2 is 1.91 bits per heavy atom. The predicted molar refractivity (Wildman–Crippen MR) is 172 cm³/mol. The lowest BCUT2D eigenvalue weighted by Gasteiger charge is -2.44. The van der Waals surface area contributed by atoms with Crippen LogP contribution in [0.25, 0.3) is 10.6 Å². The molecule has 1 aromatic heterocycles. The van der Waals surface area contributed by atoms with Gasteiger partial charge in [-0.1, -0.05) is 43.4 Å². The van der Waals surface area contributed by atoms with E-state index in [4.69, 9.17) is 14.2 Å². The fraction of sp³-hybridized carbons (Fsp3) is 0.679. The highest BCUT2D eigenvalue weighted by Gasteiger charge is 2.49. The molecule has 0 bridgehead atoms. The van der Waals surface area contributed by atoms with Crippen molar-refractivity contribution < 1.29 is 39.2 Å². The average Bonchev–Trinajstić information content (AvgIpc) is 3.64. The van der Waals surface area contributed by atoms with Crippen molar-refractivity contribution in [3.8, 4) is 22.1 Å². The average molecular weight is 688 g/mol. The third kappa shape index (κ3) is 7.84. The maximum absolute atomic E-state index is 13.7. The van der Waals surface area contributed by atoms with Crippen LogP contribution in [-0.4, -0.2) is 123 Å². The van der Waals surface area contributed by atoms with E-state index in [9.17, 15) is 30.2 Å². The van der Waals surface area contributed by atoms with Crippen molar-refractivity contribution in [1.29, 1.82) is 0 Å². The van der Waals surface area contributed by atoms with E-state index in [0.29, 0.717) is 22.4 Å². The summed E-state index contributed by atoms with van der Waals surface area (Å²) in [4.78, 5) is 27.1. The predicted octanol–water partition coefficient (Wildman–Crippen LogP) is 2.39. The van der Waals surface area contributed by atoms with Crippen LogP contribution in [0.15, 0.2) is 16.5 Å². The van der Waals surface area contributed by atoms with Crippen LogP contribution in [0.1, 0.15) is 33.1 Å². The van der Waals surface area contributed by atoms with Gasteiger partial charge in [0.1, 0.15) is 29.9 Å². The van der Waals surface area contributed by atoms with Gasteiger partial charge in [0.15, 0.2) is 20.8 Å². The number of ether oxygens (including phenoxy) is 3. The summed E-state index contributed by atoms with van der Waals surface area (Å²) in [6.07, 6.45) is -0.863. The topological polar surface area (TPSA) is 190 Å². The summed E-state index contributed by atoms with van der Waals surface area (Å²) in [6.45, 7) is 4.75. The van der Waals surface area contributed by atoms with Gasteiger partial charge in [-0.15, -0.1) is 22.0 Å². The second-order valence-corrected chi connectivity index (χ2v) is 14.8. The minimum absolute atomic E-state index is 0.204. The van der Waals surface area contributed by atoms with Gasteiger partial charge in [0.2, 0.25) is 5.91 Å². The molecule has 0 spiro atoms. The number of hydrogen-bond acceptors (Lipinski definition) is 15. The van der Waals surface area contributed by atoms with E-state index >= 15 is 0 Å². The van der Waals surface area contributed by atoms with Crippen molar-refractivity contribution >= 4 is 46.5 Å². The van der Waals surface area contributed by atoms with Gasteiger partial charge in [0, 0.05) is 17.9 Å². The zero-order chi connectivity index (χ0) is 33.0. The summed E-state index contributed by atoms with van der Waals surface area (Å²) >= 11 is 3.56. The van der Waals surface area contributed by atoms with Crippen LogP contribution >= 0.6 is 34.9 Å². The largest absolute Gasteiger partial charge is 0.493 e. The molecule has 1 amide bonds. The van der Waals surface area contributed by atoms with E-state index in [0.717, 1.165) is 30.7 Å². The van der Waals surface area contributed by atoms with Crippen molar-refractivity contribution in [1.82, 2.24) is 20.4 Å². The standard InChI is InChI=1S/C28H41N5O9S3/c1-7-8-14-9-17(32(3)12-14)25(37)29-20(24-22(35)21(34)23(36)27(42-24)43-6)13(2)44-28-31-30-26(45-28)15-10-18(40-4)19(41-5)11-16(15)33(38)39/h10-11,13-14,17,20-24,27,34-36H,7-9,12H2,1-6H3,(H,29,37)/t13?,14-,17+,20?,21+,22-,23-,24-,27-/m1/s1. The molecule has 4 rings (SSSR count). The molecular weight excluding hydrogens is 647 g/mol. The number of nitro groups is 1. The number of benzene rings is 1. The van der Waals surface area contributed by atoms with Crippen molar-refractivity contribution in [2.24, 2.45) is 5.92 Å². The van der Waals surface area contributed by atoms with Gasteiger partial charge in [-0.2, -0.15) is 0 Å². The molecule has 0 radical (unpaired) electrons. The summed E-state index contributed by atoms with van der Waals surface area (Å²) in [5.41, 5.74) is -0.849. The molecule has 2 aromatic rings. The van der Waals surface area contributed by atoms with Crippen LogP contribution < -0.4 is 14.8 Å². The number of nitrogens with one attached hydrogen (secondary N) is 1. The van der Waals surface area contributed by atoms with Crippen LogP contribution in [0.2, 0.25) is 0 Å². The van der Waals surface area contributed by atoms with E-state index in [-0.39, 0.29) is 34.0 Å². The molecule has 2 aliphatic heterocycles. The zero-order valence-corrected chi connectivity index (χ0v) is 28.4. The summed E-state index contributed by atoms with van der Waals surface area (Å²) in [7, 11) is 4.73. The maximum Gasteiger partial charge on any atom is 0.283 e. The summed E-state index contributed by atoms with van der Waals surface area (Å²) in [5.74, 6) is 0.680. The summed E-state index contributed by atoms with van der Waals surface area (Å²) < 4.78 is 17.1. The molecule has 45 heavy (non-hydrogen) atoms.